The number of carboxylic acid groups (broad SMARTS) is 2. The Balaban J connectivity index is 3.59. The van der Waals surface area contributed by atoms with Crippen LogP contribution in [-0.4, -0.2) is 35.3 Å². The summed E-state index contributed by atoms with van der Waals surface area (Å²) < 4.78 is 34.1. The average Bonchev–Trinajstić information content (AvgIpc) is 2.35. The normalized spacial score (nSPS) is 32.8. The van der Waals surface area contributed by atoms with E-state index in [9.17, 15) is 32.1 Å². The molecule has 0 saturated carbocycles. The van der Waals surface area contributed by atoms with Gasteiger partial charge in [0.2, 0.25) is 4.75 Å². The maximum Gasteiger partial charge on any atom is 0.332 e. The van der Waals surface area contributed by atoms with Crippen LogP contribution in [0.25, 0.3) is 0 Å². The minimum atomic E-state index is -5.52. The first-order valence-corrected chi connectivity index (χ1v) is 8.01. The number of carboxylic acids is 2. The highest BCUT2D eigenvalue weighted by atomic mass is 32.3. The van der Waals surface area contributed by atoms with Crippen LogP contribution in [0.15, 0.2) is 12.2 Å². The van der Waals surface area contributed by atoms with Crippen molar-refractivity contribution in [2.75, 3.05) is 0 Å². The van der Waals surface area contributed by atoms with E-state index in [1.165, 1.54) is 6.92 Å². The van der Waals surface area contributed by atoms with Crippen LogP contribution in [0.2, 0.25) is 0 Å². The summed E-state index contributed by atoms with van der Waals surface area (Å²) in [6, 6.07) is 0. The number of halogens is 1. The minimum absolute atomic E-state index is 0.000903. The van der Waals surface area contributed by atoms with Crippen LogP contribution in [0, 0.1) is 11.3 Å². The van der Waals surface area contributed by atoms with Crippen molar-refractivity contribution < 1.29 is 32.1 Å². The van der Waals surface area contributed by atoms with E-state index in [-0.39, 0.29) is 12.8 Å². The number of unbranched alkanes of at least 4 members (excludes halogenated alkanes) is 1. The number of carbonyl (C=O) groups is 2. The van der Waals surface area contributed by atoms with Crippen molar-refractivity contribution in [3.8, 4) is 0 Å². The monoisotopic (exact) mass is 322 g/mol. The van der Waals surface area contributed by atoms with Gasteiger partial charge in [-0.15, -0.1) is 3.89 Å². The summed E-state index contributed by atoms with van der Waals surface area (Å²) in [5.74, 6) is -4.59. The van der Waals surface area contributed by atoms with E-state index in [1.54, 1.807) is 6.92 Å². The van der Waals surface area contributed by atoms with Gasteiger partial charge in [0.15, 0.2) is 0 Å². The molecule has 0 heterocycles. The van der Waals surface area contributed by atoms with Crippen LogP contribution in [0.4, 0.5) is 3.89 Å². The highest BCUT2D eigenvalue weighted by molar-refractivity contribution is 7.88. The Labute approximate surface area is 122 Å². The SMILES string of the molecule is CCCCC1C(C)(C(=O)O)CC=CC1(C(=O)O)S(=O)(=O)F. The summed E-state index contributed by atoms with van der Waals surface area (Å²) in [5.41, 5.74) is -1.65. The van der Waals surface area contributed by atoms with Gasteiger partial charge in [-0.2, -0.15) is 8.42 Å². The molecule has 0 aliphatic heterocycles. The third-order valence-electron chi connectivity index (χ3n) is 4.27. The number of aliphatic carboxylic acids is 2. The topological polar surface area (TPSA) is 109 Å². The Morgan fingerprint density at radius 1 is 1.33 bits per heavy atom. The number of hydrogen-bond donors (Lipinski definition) is 2. The lowest BCUT2D eigenvalue weighted by Gasteiger charge is -2.43. The zero-order valence-corrected chi connectivity index (χ0v) is 12.7. The highest BCUT2D eigenvalue weighted by Gasteiger charge is 2.64. The summed E-state index contributed by atoms with van der Waals surface area (Å²) in [7, 11) is -5.52. The van der Waals surface area contributed by atoms with E-state index in [2.05, 4.69) is 0 Å². The molecule has 0 aromatic carbocycles. The molecule has 0 radical (unpaired) electrons. The molecule has 6 nitrogen and oxygen atoms in total. The molecular weight excluding hydrogens is 303 g/mol. The van der Waals surface area contributed by atoms with Crippen molar-refractivity contribution in [2.45, 2.75) is 44.3 Å². The standard InChI is InChI=1S/C13H19FO6S/c1-3-4-6-9-12(2,10(15)16)7-5-8-13(9,11(17)18)21(14,19)20/h5,8-9H,3-4,6-7H2,1-2H3,(H,15,16)(H,17,18). The van der Waals surface area contributed by atoms with E-state index in [4.69, 9.17) is 0 Å². The Hall–Kier alpha value is -1.44. The molecule has 0 aromatic heterocycles. The molecule has 1 aliphatic carbocycles. The summed E-state index contributed by atoms with van der Waals surface area (Å²) in [5, 5.41) is 18.7. The number of hydrogen-bond acceptors (Lipinski definition) is 4. The predicted molar refractivity (Wildman–Crippen MR) is 72.9 cm³/mol. The van der Waals surface area contributed by atoms with Gasteiger partial charge < -0.3 is 10.2 Å². The molecule has 0 fully saturated rings. The van der Waals surface area contributed by atoms with Gasteiger partial charge in [0.25, 0.3) is 0 Å². The molecule has 0 bridgehead atoms. The van der Waals surface area contributed by atoms with Crippen LogP contribution in [-0.2, 0) is 19.8 Å². The molecule has 3 unspecified atom stereocenters. The first kappa shape index (κ1) is 17.6. The van der Waals surface area contributed by atoms with E-state index in [0.717, 1.165) is 12.2 Å². The summed E-state index contributed by atoms with van der Waals surface area (Å²) in [4.78, 5) is 23.1. The molecule has 1 aliphatic rings. The van der Waals surface area contributed by atoms with Crippen molar-refractivity contribution >= 4 is 22.2 Å². The molecule has 0 amide bonds. The Kier molecular flexibility index (Phi) is 4.82. The third-order valence-corrected chi connectivity index (χ3v) is 5.67. The molecule has 0 spiro atoms. The summed E-state index contributed by atoms with van der Waals surface area (Å²) in [6.07, 6.45) is 2.89. The van der Waals surface area contributed by atoms with Gasteiger partial charge in [-0.1, -0.05) is 31.9 Å². The number of rotatable bonds is 6. The molecule has 0 saturated heterocycles. The summed E-state index contributed by atoms with van der Waals surface area (Å²) >= 11 is 0. The molecular formula is C13H19FO6S. The van der Waals surface area contributed by atoms with Gasteiger partial charge in [-0.05, 0) is 19.8 Å². The molecule has 120 valence electrons. The van der Waals surface area contributed by atoms with E-state index < -0.39 is 38.2 Å². The van der Waals surface area contributed by atoms with Crippen molar-refractivity contribution in [2.24, 2.45) is 11.3 Å². The maximum atomic E-state index is 13.8. The van der Waals surface area contributed by atoms with E-state index >= 15 is 0 Å². The van der Waals surface area contributed by atoms with Crippen LogP contribution >= 0.6 is 0 Å². The van der Waals surface area contributed by atoms with Gasteiger partial charge in [-0.3, -0.25) is 9.59 Å². The largest absolute Gasteiger partial charge is 0.481 e. The predicted octanol–water partition coefficient (Wildman–Crippen LogP) is 1.97. The second-order valence-corrected chi connectivity index (χ2v) is 7.11. The fraction of sp³-hybridized carbons (Fsp3) is 0.692. The summed E-state index contributed by atoms with van der Waals surface area (Å²) in [6.45, 7) is 3.06. The zero-order valence-electron chi connectivity index (χ0n) is 11.9. The van der Waals surface area contributed by atoms with Crippen LogP contribution in [0.1, 0.15) is 39.5 Å². The lowest BCUT2D eigenvalue weighted by atomic mass is 9.63. The van der Waals surface area contributed by atoms with Crippen molar-refractivity contribution in [1.29, 1.82) is 0 Å². The lowest BCUT2D eigenvalue weighted by molar-refractivity contribution is -0.155. The van der Waals surface area contributed by atoms with Gasteiger partial charge >= 0.3 is 22.2 Å². The second kappa shape index (κ2) is 5.75. The smallest absolute Gasteiger partial charge is 0.332 e. The van der Waals surface area contributed by atoms with Crippen molar-refractivity contribution in [1.82, 2.24) is 0 Å². The molecule has 3 atom stereocenters. The second-order valence-electron chi connectivity index (χ2n) is 5.56. The average molecular weight is 322 g/mol. The van der Waals surface area contributed by atoms with Crippen molar-refractivity contribution in [3.05, 3.63) is 12.2 Å². The first-order chi connectivity index (χ1) is 9.54. The molecule has 0 aromatic rings. The van der Waals surface area contributed by atoms with Gasteiger partial charge in [0, 0.05) is 5.92 Å². The van der Waals surface area contributed by atoms with E-state index in [0.29, 0.717) is 12.8 Å². The van der Waals surface area contributed by atoms with Crippen molar-refractivity contribution in [3.63, 3.8) is 0 Å². The Morgan fingerprint density at radius 3 is 2.29 bits per heavy atom. The van der Waals surface area contributed by atoms with E-state index in [1.807, 2.05) is 0 Å². The van der Waals surface area contributed by atoms with Gasteiger partial charge in [0.05, 0.1) is 5.41 Å². The van der Waals surface area contributed by atoms with Gasteiger partial charge in [0.1, 0.15) is 0 Å². The maximum absolute atomic E-state index is 13.8. The molecule has 2 N–H and O–H groups in total. The Bertz CT molecular complexity index is 569. The van der Waals surface area contributed by atoms with Crippen LogP contribution < -0.4 is 0 Å². The van der Waals surface area contributed by atoms with Crippen LogP contribution in [0.5, 0.6) is 0 Å². The fourth-order valence-corrected chi connectivity index (χ4v) is 4.15. The molecule has 1 rings (SSSR count). The molecule has 21 heavy (non-hydrogen) atoms. The highest BCUT2D eigenvalue weighted by Crippen LogP contribution is 2.50. The molecule has 8 heteroatoms. The first-order valence-electron chi connectivity index (χ1n) is 6.62. The minimum Gasteiger partial charge on any atom is -0.481 e. The Morgan fingerprint density at radius 2 is 1.90 bits per heavy atom. The van der Waals surface area contributed by atoms with Gasteiger partial charge in [-0.25, -0.2) is 0 Å². The zero-order chi connectivity index (χ0) is 16.5. The fourth-order valence-electron chi connectivity index (χ4n) is 2.96. The third kappa shape index (κ3) is 2.68. The van der Waals surface area contributed by atoms with Crippen LogP contribution in [0.3, 0.4) is 0 Å². The quantitative estimate of drug-likeness (QED) is 0.571. The number of allylic oxidation sites excluding steroid dienone is 1. The lowest BCUT2D eigenvalue weighted by Crippen LogP contribution is -2.58.